The van der Waals surface area contributed by atoms with Crippen LogP contribution in [0, 0.1) is 6.92 Å². The number of nitrogens with one attached hydrogen (secondary N) is 1. The van der Waals surface area contributed by atoms with E-state index in [4.69, 9.17) is 0 Å². The van der Waals surface area contributed by atoms with Crippen LogP contribution in [-0.4, -0.2) is 36.1 Å². The molecule has 0 aromatic carbocycles. The van der Waals surface area contributed by atoms with Crippen LogP contribution in [0.3, 0.4) is 0 Å². The second-order valence-corrected chi connectivity index (χ2v) is 4.79. The van der Waals surface area contributed by atoms with Crippen LogP contribution in [0.2, 0.25) is 0 Å². The topological polar surface area (TPSA) is 28.2 Å². The molecule has 1 aliphatic rings. The van der Waals surface area contributed by atoms with Crippen molar-refractivity contribution in [2.75, 3.05) is 26.2 Å². The van der Waals surface area contributed by atoms with E-state index in [2.05, 4.69) is 38.1 Å². The number of pyridine rings is 1. The van der Waals surface area contributed by atoms with Crippen molar-refractivity contribution in [3.05, 3.63) is 28.0 Å². The number of aromatic nitrogens is 1. The molecule has 0 spiro atoms. The highest BCUT2D eigenvalue weighted by molar-refractivity contribution is 9.10. The summed E-state index contributed by atoms with van der Waals surface area (Å²) in [6.45, 7) is 7.61. The van der Waals surface area contributed by atoms with Crippen molar-refractivity contribution in [1.29, 1.82) is 0 Å². The Labute approximate surface area is 99.0 Å². The van der Waals surface area contributed by atoms with Crippen molar-refractivity contribution < 1.29 is 0 Å². The van der Waals surface area contributed by atoms with Crippen molar-refractivity contribution in [3.63, 3.8) is 0 Å². The van der Waals surface area contributed by atoms with Crippen LogP contribution in [0.4, 0.5) is 0 Å². The lowest BCUT2D eigenvalue weighted by molar-refractivity contribution is 0.232. The van der Waals surface area contributed by atoms with Gasteiger partial charge in [0.15, 0.2) is 0 Å². The second kappa shape index (κ2) is 5.05. The van der Waals surface area contributed by atoms with Gasteiger partial charge in [0.25, 0.3) is 0 Å². The summed E-state index contributed by atoms with van der Waals surface area (Å²) in [6.07, 6.45) is 3.83. The zero-order valence-corrected chi connectivity index (χ0v) is 10.5. The predicted molar refractivity (Wildman–Crippen MR) is 64.8 cm³/mol. The largest absolute Gasteiger partial charge is 0.314 e. The minimum atomic E-state index is 1.01. The van der Waals surface area contributed by atoms with Gasteiger partial charge in [-0.05, 0) is 34.0 Å². The first-order valence-electron chi connectivity index (χ1n) is 5.29. The van der Waals surface area contributed by atoms with Crippen molar-refractivity contribution in [2.24, 2.45) is 0 Å². The lowest BCUT2D eigenvalue weighted by atomic mass is 10.1. The number of nitrogens with zero attached hydrogens (tertiary/aromatic N) is 2. The minimum Gasteiger partial charge on any atom is -0.314 e. The molecule has 1 aromatic rings. The number of halogens is 1. The van der Waals surface area contributed by atoms with E-state index in [1.165, 1.54) is 11.1 Å². The van der Waals surface area contributed by atoms with E-state index < -0.39 is 0 Å². The van der Waals surface area contributed by atoms with Gasteiger partial charge in [-0.3, -0.25) is 9.88 Å². The van der Waals surface area contributed by atoms with E-state index in [0.717, 1.165) is 37.2 Å². The molecule has 0 unspecified atom stereocenters. The van der Waals surface area contributed by atoms with Crippen LogP contribution < -0.4 is 5.32 Å². The molecule has 0 saturated carbocycles. The molecule has 1 fully saturated rings. The standard InChI is InChI=1S/C11H16BrN3/c1-9-10(6-14-7-11(9)12)8-15-4-2-13-3-5-15/h6-7,13H,2-5,8H2,1H3. The molecule has 2 rings (SSSR count). The lowest BCUT2D eigenvalue weighted by Gasteiger charge is -2.27. The van der Waals surface area contributed by atoms with Crippen molar-refractivity contribution in [1.82, 2.24) is 15.2 Å². The van der Waals surface area contributed by atoms with Gasteiger partial charge < -0.3 is 5.32 Å². The molecule has 0 radical (unpaired) electrons. The molecule has 1 saturated heterocycles. The molecule has 0 atom stereocenters. The van der Waals surface area contributed by atoms with Crippen LogP contribution in [0.15, 0.2) is 16.9 Å². The van der Waals surface area contributed by atoms with E-state index >= 15 is 0 Å². The number of hydrogen-bond acceptors (Lipinski definition) is 3. The van der Waals surface area contributed by atoms with Crippen LogP contribution >= 0.6 is 15.9 Å². The fourth-order valence-corrected chi connectivity index (χ4v) is 2.18. The Morgan fingerprint density at radius 2 is 2.13 bits per heavy atom. The Hall–Kier alpha value is -0.450. The highest BCUT2D eigenvalue weighted by Gasteiger charge is 2.11. The molecule has 1 N–H and O–H groups in total. The Balaban J connectivity index is 2.06. The minimum absolute atomic E-state index is 1.01. The van der Waals surface area contributed by atoms with Gasteiger partial charge in [-0.15, -0.1) is 0 Å². The average Bonchev–Trinajstić information content (AvgIpc) is 2.26. The SMILES string of the molecule is Cc1c(Br)cncc1CN1CCNCC1. The van der Waals surface area contributed by atoms with E-state index in [1.807, 2.05) is 12.4 Å². The Morgan fingerprint density at radius 3 is 2.87 bits per heavy atom. The molecule has 82 valence electrons. The summed E-state index contributed by atoms with van der Waals surface area (Å²) >= 11 is 3.52. The molecule has 1 aromatic heterocycles. The van der Waals surface area contributed by atoms with Crippen LogP contribution in [0.25, 0.3) is 0 Å². The van der Waals surface area contributed by atoms with Gasteiger partial charge in [0.1, 0.15) is 0 Å². The first kappa shape index (κ1) is 11.0. The van der Waals surface area contributed by atoms with E-state index in [-0.39, 0.29) is 0 Å². The van der Waals surface area contributed by atoms with E-state index in [9.17, 15) is 0 Å². The molecule has 2 heterocycles. The lowest BCUT2D eigenvalue weighted by Crippen LogP contribution is -2.43. The van der Waals surface area contributed by atoms with Crippen molar-refractivity contribution in [2.45, 2.75) is 13.5 Å². The molecule has 0 aliphatic carbocycles. The summed E-state index contributed by atoms with van der Waals surface area (Å²) < 4.78 is 1.11. The summed E-state index contributed by atoms with van der Waals surface area (Å²) in [5.41, 5.74) is 2.63. The fourth-order valence-electron chi connectivity index (χ4n) is 1.81. The summed E-state index contributed by atoms with van der Waals surface area (Å²) in [5.74, 6) is 0. The van der Waals surface area contributed by atoms with Gasteiger partial charge in [-0.2, -0.15) is 0 Å². The van der Waals surface area contributed by atoms with Crippen molar-refractivity contribution in [3.8, 4) is 0 Å². The monoisotopic (exact) mass is 269 g/mol. The number of rotatable bonds is 2. The summed E-state index contributed by atoms with van der Waals surface area (Å²) in [6, 6.07) is 0. The summed E-state index contributed by atoms with van der Waals surface area (Å²) in [5, 5.41) is 3.36. The Morgan fingerprint density at radius 1 is 1.40 bits per heavy atom. The third-order valence-corrected chi connectivity index (χ3v) is 3.66. The maximum atomic E-state index is 4.22. The van der Waals surface area contributed by atoms with E-state index in [1.54, 1.807) is 0 Å². The molecular formula is C11H16BrN3. The zero-order valence-electron chi connectivity index (χ0n) is 8.96. The van der Waals surface area contributed by atoms with Crippen LogP contribution in [-0.2, 0) is 6.54 Å². The Bertz CT molecular complexity index is 335. The molecule has 15 heavy (non-hydrogen) atoms. The highest BCUT2D eigenvalue weighted by Crippen LogP contribution is 2.19. The fraction of sp³-hybridized carbons (Fsp3) is 0.545. The smallest absolute Gasteiger partial charge is 0.0413 e. The Kier molecular flexibility index (Phi) is 3.72. The van der Waals surface area contributed by atoms with Gasteiger partial charge in [0.2, 0.25) is 0 Å². The van der Waals surface area contributed by atoms with Gasteiger partial charge in [-0.25, -0.2) is 0 Å². The summed E-state index contributed by atoms with van der Waals surface area (Å²) in [4.78, 5) is 6.69. The molecule has 4 heteroatoms. The van der Waals surface area contributed by atoms with Crippen molar-refractivity contribution >= 4 is 15.9 Å². The highest BCUT2D eigenvalue weighted by atomic mass is 79.9. The number of piperazine rings is 1. The molecule has 1 aliphatic heterocycles. The van der Waals surface area contributed by atoms with E-state index in [0.29, 0.717) is 0 Å². The molecule has 3 nitrogen and oxygen atoms in total. The second-order valence-electron chi connectivity index (χ2n) is 3.93. The number of hydrogen-bond donors (Lipinski definition) is 1. The molecule has 0 bridgehead atoms. The summed E-state index contributed by atoms with van der Waals surface area (Å²) in [7, 11) is 0. The maximum absolute atomic E-state index is 4.22. The normalized spacial score (nSPS) is 18.0. The van der Waals surface area contributed by atoms with Gasteiger partial charge in [0, 0.05) is 49.6 Å². The van der Waals surface area contributed by atoms with Gasteiger partial charge in [0.05, 0.1) is 0 Å². The first-order valence-corrected chi connectivity index (χ1v) is 6.09. The zero-order chi connectivity index (χ0) is 10.7. The quantitative estimate of drug-likeness (QED) is 0.884. The van der Waals surface area contributed by atoms with Crippen LogP contribution in [0.1, 0.15) is 11.1 Å². The third-order valence-electron chi connectivity index (χ3n) is 2.86. The first-order chi connectivity index (χ1) is 7.27. The molecule has 0 amide bonds. The predicted octanol–water partition coefficient (Wildman–Crippen LogP) is 1.56. The maximum Gasteiger partial charge on any atom is 0.0413 e. The van der Waals surface area contributed by atoms with Gasteiger partial charge >= 0.3 is 0 Å². The molecular weight excluding hydrogens is 254 g/mol. The van der Waals surface area contributed by atoms with Crippen LogP contribution in [0.5, 0.6) is 0 Å². The van der Waals surface area contributed by atoms with Gasteiger partial charge in [-0.1, -0.05) is 0 Å². The average molecular weight is 270 g/mol. The third kappa shape index (κ3) is 2.77.